The van der Waals surface area contributed by atoms with E-state index in [1.165, 1.54) is 30.3 Å². The normalized spacial score (nSPS) is 10.1. The number of hydrogen-bond donors (Lipinski definition) is 1. The van der Waals surface area contributed by atoms with Crippen LogP contribution in [0, 0.1) is 15.9 Å². The number of anilines is 1. The summed E-state index contributed by atoms with van der Waals surface area (Å²) in [5.41, 5.74) is -0.345. The van der Waals surface area contributed by atoms with Crippen LogP contribution >= 0.6 is 11.6 Å². The monoisotopic (exact) mass is 294 g/mol. The Bertz CT molecular complexity index is 691. The maximum Gasteiger partial charge on any atom is 0.271 e. The quantitative estimate of drug-likeness (QED) is 0.694. The van der Waals surface area contributed by atoms with Crippen LogP contribution in [0.15, 0.2) is 42.5 Å². The maximum absolute atomic E-state index is 13.4. The van der Waals surface area contributed by atoms with Crippen molar-refractivity contribution in [1.29, 1.82) is 0 Å². The average Bonchev–Trinajstić information content (AvgIpc) is 2.41. The van der Waals surface area contributed by atoms with Crippen molar-refractivity contribution in [3.05, 3.63) is 69.0 Å². The number of rotatable bonds is 3. The third-order valence-corrected chi connectivity index (χ3v) is 2.86. The summed E-state index contributed by atoms with van der Waals surface area (Å²) in [7, 11) is 0. The predicted octanol–water partition coefficient (Wildman–Crippen LogP) is 3.64. The predicted molar refractivity (Wildman–Crippen MR) is 72.5 cm³/mol. The topological polar surface area (TPSA) is 72.2 Å². The second kappa shape index (κ2) is 5.66. The zero-order valence-corrected chi connectivity index (χ0v) is 10.7. The second-order valence-corrected chi connectivity index (χ2v) is 4.26. The lowest BCUT2D eigenvalue weighted by atomic mass is 10.2. The van der Waals surface area contributed by atoms with Crippen LogP contribution in [0.4, 0.5) is 15.8 Å². The minimum absolute atomic E-state index is 0.0501. The molecule has 1 N–H and O–H groups in total. The molecule has 0 saturated heterocycles. The molecule has 0 aliphatic rings. The van der Waals surface area contributed by atoms with Crippen molar-refractivity contribution in [2.75, 3.05) is 5.32 Å². The van der Waals surface area contributed by atoms with Crippen molar-refractivity contribution in [2.24, 2.45) is 0 Å². The zero-order valence-electron chi connectivity index (χ0n) is 9.97. The van der Waals surface area contributed by atoms with Gasteiger partial charge in [-0.1, -0.05) is 23.7 Å². The highest BCUT2D eigenvalue weighted by Crippen LogP contribution is 2.27. The largest absolute Gasteiger partial charge is 0.320 e. The smallest absolute Gasteiger partial charge is 0.271 e. The van der Waals surface area contributed by atoms with Crippen molar-refractivity contribution in [3.63, 3.8) is 0 Å². The first kappa shape index (κ1) is 14.0. The number of nitrogens with zero attached hydrogens (tertiary/aromatic N) is 1. The van der Waals surface area contributed by atoms with Crippen LogP contribution in [0.25, 0.3) is 0 Å². The molecule has 0 fully saturated rings. The summed E-state index contributed by atoms with van der Waals surface area (Å²) in [5.74, 6) is -1.42. The van der Waals surface area contributed by atoms with Crippen molar-refractivity contribution in [2.45, 2.75) is 0 Å². The fraction of sp³-hybridized carbons (Fsp3) is 0. The third-order valence-electron chi connectivity index (χ3n) is 2.53. The molecular formula is C13H8ClFN2O3. The van der Waals surface area contributed by atoms with Crippen molar-refractivity contribution >= 4 is 28.9 Å². The highest BCUT2D eigenvalue weighted by Gasteiger charge is 2.15. The van der Waals surface area contributed by atoms with Gasteiger partial charge < -0.3 is 5.32 Å². The van der Waals surface area contributed by atoms with E-state index >= 15 is 0 Å². The molecule has 0 atom stereocenters. The SMILES string of the molecule is O=C(Nc1cc([N+](=O)[O-])ccc1Cl)c1ccccc1F. The lowest BCUT2D eigenvalue weighted by Gasteiger charge is -2.07. The molecule has 102 valence electrons. The Balaban J connectivity index is 2.30. The van der Waals surface area contributed by atoms with Crippen LogP contribution < -0.4 is 5.32 Å². The van der Waals surface area contributed by atoms with Gasteiger partial charge in [-0.2, -0.15) is 0 Å². The highest BCUT2D eigenvalue weighted by molar-refractivity contribution is 6.34. The van der Waals surface area contributed by atoms with Gasteiger partial charge in [0.1, 0.15) is 5.82 Å². The van der Waals surface area contributed by atoms with E-state index in [1.54, 1.807) is 0 Å². The number of carbonyl (C=O) groups excluding carboxylic acids is 1. The van der Waals surface area contributed by atoms with E-state index in [9.17, 15) is 19.3 Å². The van der Waals surface area contributed by atoms with Gasteiger partial charge in [-0.05, 0) is 18.2 Å². The number of nitro groups is 1. The number of nitrogens with one attached hydrogen (secondary N) is 1. The lowest BCUT2D eigenvalue weighted by Crippen LogP contribution is -2.14. The van der Waals surface area contributed by atoms with Gasteiger partial charge in [-0.3, -0.25) is 14.9 Å². The molecule has 0 unspecified atom stereocenters. The number of amides is 1. The van der Waals surface area contributed by atoms with Crippen molar-refractivity contribution in [3.8, 4) is 0 Å². The minimum atomic E-state index is -0.731. The summed E-state index contributed by atoms with van der Waals surface area (Å²) in [6.07, 6.45) is 0. The van der Waals surface area contributed by atoms with Gasteiger partial charge in [0.15, 0.2) is 0 Å². The molecule has 2 aromatic rings. The van der Waals surface area contributed by atoms with E-state index < -0.39 is 16.6 Å². The number of benzene rings is 2. The van der Waals surface area contributed by atoms with Gasteiger partial charge in [0.05, 0.1) is 21.2 Å². The fourth-order valence-corrected chi connectivity index (χ4v) is 1.72. The molecule has 2 rings (SSSR count). The Labute approximate surface area is 118 Å². The second-order valence-electron chi connectivity index (χ2n) is 3.86. The molecule has 0 heterocycles. The average molecular weight is 295 g/mol. The molecule has 0 aliphatic carbocycles. The van der Waals surface area contributed by atoms with Crippen LogP contribution in [-0.2, 0) is 0 Å². The van der Waals surface area contributed by atoms with Gasteiger partial charge in [-0.15, -0.1) is 0 Å². The van der Waals surface area contributed by atoms with Crippen LogP contribution in [0.5, 0.6) is 0 Å². The molecule has 0 aromatic heterocycles. The third kappa shape index (κ3) is 2.92. The first-order valence-electron chi connectivity index (χ1n) is 5.49. The summed E-state index contributed by atoms with van der Waals surface area (Å²) in [5, 5.41) is 13.1. The maximum atomic E-state index is 13.4. The van der Waals surface area contributed by atoms with E-state index in [-0.39, 0.29) is 22.0 Å². The first-order chi connectivity index (χ1) is 9.49. The molecule has 1 amide bonds. The minimum Gasteiger partial charge on any atom is -0.320 e. The Morgan fingerprint density at radius 3 is 2.60 bits per heavy atom. The summed E-state index contributed by atoms with van der Waals surface area (Å²) in [4.78, 5) is 21.9. The number of non-ortho nitro benzene ring substituents is 1. The van der Waals surface area contributed by atoms with Gasteiger partial charge >= 0.3 is 0 Å². The molecule has 0 spiro atoms. The first-order valence-corrected chi connectivity index (χ1v) is 5.86. The fourth-order valence-electron chi connectivity index (χ4n) is 1.56. The van der Waals surface area contributed by atoms with E-state index in [1.807, 2.05) is 0 Å². The number of carbonyl (C=O) groups is 1. The Kier molecular flexibility index (Phi) is 3.95. The van der Waals surface area contributed by atoms with Crippen LogP contribution in [0.3, 0.4) is 0 Å². The molecule has 0 radical (unpaired) electrons. The van der Waals surface area contributed by atoms with Crippen LogP contribution in [-0.4, -0.2) is 10.8 Å². The molecule has 0 bridgehead atoms. The Morgan fingerprint density at radius 2 is 1.95 bits per heavy atom. The van der Waals surface area contributed by atoms with Gasteiger partial charge in [0, 0.05) is 12.1 Å². The lowest BCUT2D eigenvalue weighted by molar-refractivity contribution is -0.384. The molecule has 0 saturated carbocycles. The van der Waals surface area contributed by atoms with E-state index in [4.69, 9.17) is 11.6 Å². The van der Waals surface area contributed by atoms with Crippen LogP contribution in [0.1, 0.15) is 10.4 Å². The number of nitro benzene ring substituents is 1. The van der Waals surface area contributed by atoms with E-state index in [0.29, 0.717) is 0 Å². The molecule has 0 aliphatic heterocycles. The summed E-state index contributed by atoms with van der Waals surface area (Å²) >= 11 is 5.84. The van der Waals surface area contributed by atoms with Gasteiger partial charge in [0.25, 0.3) is 11.6 Å². The molecule has 20 heavy (non-hydrogen) atoms. The van der Waals surface area contributed by atoms with Crippen LogP contribution in [0.2, 0.25) is 5.02 Å². The van der Waals surface area contributed by atoms with Crippen molar-refractivity contribution in [1.82, 2.24) is 0 Å². The number of hydrogen-bond acceptors (Lipinski definition) is 3. The molecule has 2 aromatic carbocycles. The van der Waals surface area contributed by atoms with Crippen molar-refractivity contribution < 1.29 is 14.1 Å². The zero-order chi connectivity index (χ0) is 14.7. The highest BCUT2D eigenvalue weighted by atomic mass is 35.5. The molecular weight excluding hydrogens is 287 g/mol. The van der Waals surface area contributed by atoms with E-state index in [0.717, 1.165) is 12.1 Å². The molecule has 5 nitrogen and oxygen atoms in total. The Morgan fingerprint density at radius 1 is 1.25 bits per heavy atom. The standard InChI is InChI=1S/C13H8ClFN2O3/c14-10-6-5-8(17(19)20)7-12(10)16-13(18)9-3-1-2-4-11(9)15/h1-7H,(H,16,18). The Hall–Kier alpha value is -2.47. The summed E-state index contributed by atoms with van der Waals surface area (Å²) < 4.78 is 13.4. The molecule has 7 heteroatoms. The summed E-state index contributed by atoms with van der Waals surface area (Å²) in [6.45, 7) is 0. The number of halogens is 2. The van der Waals surface area contributed by atoms with Gasteiger partial charge in [-0.25, -0.2) is 4.39 Å². The summed E-state index contributed by atoms with van der Waals surface area (Å²) in [6, 6.07) is 9.01. The van der Waals surface area contributed by atoms with Gasteiger partial charge in [0.2, 0.25) is 0 Å². The van der Waals surface area contributed by atoms with E-state index in [2.05, 4.69) is 5.32 Å².